The molecule has 0 fully saturated rings. The third kappa shape index (κ3) is 3.35. The van der Waals surface area contributed by atoms with E-state index in [0.717, 1.165) is 6.42 Å². The molecule has 0 aliphatic heterocycles. The third-order valence-electron chi connectivity index (χ3n) is 2.03. The summed E-state index contributed by atoms with van der Waals surface area (Å²) in [4.78, 5) is 15.5. The lowest BCUT2D eigenvalue weighted by atomic mass is 10.1. The zero-order chi connectivity index (χ0) is 12.0. The van der Waals surface area contributed by atoms with Gasteiger partial charge in [0.05, 0.1) is 12.6 Å². The summed E-state index contributed by atoms with van der Waals surface area (Å²) in [6.45, 7) is 3.80. The van der Waals surface area contributed by atoms with Crippen molar-refractivity contribution in [3.05, 3.63) is 11.7 Å². The summed E-state index contributed by atoms with van der Waals surface area (Å²) in [7, 11) is 0. The molecule has 1 aromatic heterocycles. The summed E-state index contributed by atoms with van der Waals surface area (Å²) in [5.74, 6) is -0.0251. The molecule has 6 heteroatoms. The van der Waals surface area contributed by atoms with Gasteiger partial charge in [-0.1, -0.05) is 18.5 Å². The molecule has 1 atom stereocenters. The summed E-state index contributed by atoms with van der Waals surface area (Å²) in [6, 6.07) is 1.97. The normalized spacial score (nSPS) is 11.8. The summed E-state index contributed by atoms with van der Waals surface area (Å²) >= 11 is 0. The van der Waals surface area contributed by atoms with E-state index in [1.54, 1.807) is 6.92 Å². The molecule has 1 rings (SSSR count). The van der Waals surface area contributed by atoms with E-state index < -0.39 is 5.92 Å². The number of aromatic nitrogens is 2. The predicted molar refractivity (Wildman–Crippen MR) is 54.9 cm³/mol. The number of hydrogen-bond acceptors (Lipinski definition) is 5. The molecule has 1 N–H and O–H groups in total. The Morgan fingerprint density at radius 3 is 2.94 bits per heavy atom. The van der Waals surface area contributed by atoms with Crippen LogP contribution in [0.25, 0.3) is 0 Å². The fraction of sp³-hybridized carbons (Fsp3) is 0.600. The van der Waals surface area contributed by atoms with Crippen molar-refractivity contribution in [3.63, 3.8) is 0 Å². The molecule has 0 aliphatic carbocycles. The number of aryl methyl sites for hydroxylation is 1. The maximum Gasteiger partial charge on any atom is 0.246 e. The van der Waals surface area contributed by atoms with E-state index in [4.69, 9.17) is 9.78 Å². The Balaban J connectivity index is 2.43. The van der Waals surface area contributed by atoms with Crippen LogP contribution in [0.2, 0.25) is 0 Å². The fourth-order valence-corrected chi connectivity index (χ4v) is 1.24. The van der Waals surface area contributed by atoms with Crippen molar-refractivity contribution >= 4 is 5.91 Å². The first-order chi connectivity index (χ1) is 7.67. The zero-order valence-electron chi connectivity index (χ0n) is 9.36. The van der Waals surface area contributed by atoms with Gasteiger partial charge < -0.3 is 9.84 Å². The van der Waals surface area contributed by atoms with Crippen molar-refractivity contribution in [2.24, 2.45) is 5.92 Å². The van der Waals surface area contributed by atoms with Gasteiger partial charge in [0.25, 0.3) is 0 Å². The average Bonchev–Trinajstić information content (AvgIpc) is 2.68. The van der Waals surface area contributed by atoms with Gasteiger partial charge in [0.2, 0.25) is 11.8 Å². The van der Waals surface area contributed by atoms with Crippen LogP contribution in [0.5, 0.6) is 0 Å². The number of amides is 1. The van der Waals surface area contributed by atoms with Gasteiger partial charge in [-0.05, 0) is 13.3 Å². The molecule has 0 radical (unpaired) electrons. The molecule has 1 amide bonds. The highest BCUT2D eigenvalue weighted by atomic mass is 16.5. The molecular weight excluding hydrogens is 208 g/mol. The Kier molecular flexibility index (Phi) is 4.45. The number of carbonyl (C=O) groups excluding carboxylic acids is 1. The van der Waals surface area contributed by atoms with Crippen LogP contribution in [-0.2, 0) is 11.3 Å². The van der Waals surface area contributed by atoms with Crippen LogP contribution in [0.15, 0.2) is 4.52 Å². The lowest BCUT2D eigenvalue weighted by Crippen LogP contribution is -2.29. The van der Waals surface area contributed by atoms with E-state index in [9.17, 15) is 4.79 Å². The van der Waals surface area contributed by atoms with E-state index >= 15 is 0 Å². The van der Waals surface area contributed by atoms with Crippen LogP contribution in [0, 0.1) is 24.2 Å². The standard InChI is InChI=1S/C10H14N4O2/c1-3-4-8(5-11)10(15)12-6-9-13-7(2)14-16-9/h8H,3-4,6H2,1-2H3,(H,12,15). The third-order valence-corrected chi connectivity index (χ3v) is 2.03. The number of rotatable bonds is 5. The summed E-state index contributed by atoms with van der Waals surface area (Å²) in [5, 5.41) is 15.0. The SMILES string of the molecule is CCCC(C#N)C(=O)NCc1nc(C)no1. The Morgan fingerprint density at radius 2 is 2.44 bits per heavy atom. The van der Waals surface area contributed by atoms with Gasteiger partial charge in [-0.25, -0.2) is 0 Å². The van der Waals surface area contributed by atoms with Crippen molar-refractivity contribution < 1.29 is 9.32 Å². The highest BCUT2D eigenvalue weighted by molar-refractivity contribution is 5.80. The molecule has 0 aliphatic rings. The molecule has 0 bridgehead atoms. The van der Waals surface area contributed by atoms with Crippen molar-refractivity contribution in [2.45, 2.75) is 33.2 Å². The van der Waals surface area contributed by atoms with Gasteiger partial charge in [-0.2, -0.15) is 10.2 Å². The Morgan fingerprint density at radius 1 is 1.69 bits per heavy atom. The monoisotopic (exact) mass is 222 g/mol. The predicted octanol–water partition coefficient (Wildman–Crippen LogP) is 0.934. The van der Waals surface area contributed by atoms with Gasteiger partial charge in [-0.3, -0.25) is 4.79 Å². The lowest BCUT2D eigenvalue weighted by Gasteiger charge is -2.06. The number of hydrogen-bond donors (Lipinski definition) is 1. The second kappa shape index (κ2) is 5.85. The minimum atomic E-state index is -0.603. The molecule has 0 aromatic carbocycles. The van der Waals surface area contributed by atoms with E-state index in [1.807, 2.05) is 13.0 Å². The highest BCUT2D eigenvalue weighted by Gasteiger charge is 2.16. The molecule has 1 unspecified atom stereocenters. The molecule has 86 valence electrons. The lowest BCUT2D eigenvalue weighted by molar-refractivity contribution is -0.123. The number of nitrogens with one attached hydrogen (secondary N) is 1. The molecule has 0 saturated heterocycles. The van der Waals surface area contributed by atoms with Gasteiger partial charge in [0, 0.05) is 0 Å². The van der Waals surface area contributed by atoms with Crippen LogP contribution in [-0.4, -0.2) is 16.0 Å². The second-order valence-corrected chi connectivity index (χ2v) is 3.42. The first-order valence-corrected chi connectivity index (χ1v) is 5.14. The minimum absolute atomic E-state index is 0.168. The molecule has 16 heavy (non-hydrogen) atoms. The maximum absolute atomic E-state index is 11.5. The maximum atomic E-state index is 11.5. The van der Waals surface area contributed by atoms with Crippen LogP contribution >= 0.6 is 0 Å². The molecule has 1 aromatic rings. The molecule has 0 spiro atoms. The van der Waals surface area contributed by atoms with E-state index in [-0.39, 0.29) is 12.5 Å². The quantitative estimate of drug-likeness (QED) is 0.800. The topological polar surface area (TPSA) is 91.8 Å². The number of carbonyl (C=O) groups is 1. The Hall–Kier alpha value is -1.90. The first kappa shape index (κ1) is 12.2. The van der Waals surface area contributed by atoms with Crippen molar-refractivity contribution in [1.29, 1.82) is 5.26 Å². The van der Waals surface area contributed by atoms with Crippen molar-refractivity contribution in [1.82, 2.24) is 15.5 Å². The summed E-state index contributed by atoms with van der Waals surface area (Å²) < 4.78 is 4.83. The summed E-state index contributed by atoms with van der Waals surface area (Å²) in [5.41, 5.74) is 0. The Labute approximate surface area is 93.6 Å². The first-order valence-electron chi connectivity index (χ1n) is 5.14. The van der Waals surface area contributed by atoms with E-state index in [1.165, 1.54) is 0 Å². The number of nitriles is 1. The molecule has 6 nitrogen and oxygen atoms in total. The van der Waals surface area contributed by atoms with Crippen LogP contribution in [0.1, 0.15) is 31.5 Å². The van der Waals surface area contributed by atoms with Gasteiger partial charge >= 0.3 is 0 Å². The number of nitrogens with zero attached hydrogens (tertiary/aromatic N) is 3. The largest absolute Gasteiger partial charge is 0.346 e. The Bertz CT molecular complexity index is 394. The van der Waals surface area contributed by atoms with Gasteiger partial charge in [0.15, 0.2) is 5.82 Å². The molecule has 1 heterocycles. The van der Waals surface area contributed by atoms with Gasteiger partial charge in [0.1, 0.15) is 5.92 Å². The molecule has 0 saturated carbocycles. The second-order valence-electron chi connectivity index (χ2n) is 3.42. The fourth-order valence-electron chi connectivity index (χ4n) is 1.24. The van der Waals surface area contributed by atoms with Crippen LogP contribution < -0.4 is 5.32 Å². The van der Waals surface area contributed by atoms with E-state index in [2.05, 4.69) is 15.5 Å². The van der Waals surface area contributed by atoms with E-state index in [0.29, 0.717) is 18.1 Å². The minimum Gasteiger partial charge on any atom is -0.346 e. The van der Waals surface area contributed by atoms with Crippen molar-refractivity contribution in [3.8, 4) is 6.07 Å². The smallest absolute Gasteiger partial charge is 0.246 e. The summed E-state index contributed by atoms with van der Waals surface area (Å²) in [6.07, 6.45) is 1.36. The van der Waals surface area contributed by atoms with Gasteiger partial charge in [-0.15, -0.1) is 0 Å². The molecular formula is C10H14N4O2. The van der Waals surface area contributed by atoms with Crippen molar-refractivity contribution in [2.75, 3.05) is 0 Å². The van der Waals surface area contributed by atoms with Crippen LogP contribution in [0.3, 0.4) is 0 Å². The average molecular weight is 222 g/mol. The zero-order valence-corrected chi connectivity index (χ0v) is 9.36. The van der Waals surface area contributed by atoms with Crippen LogP contribution in [0.4, 0.5) is 0 Å². The highest BCUT2D eigenvalue weighted by Crippen LogP contribution is 2.05.